The predicted octanol–water partition coefficient (Wildman–Crippen LogP) is 2.89. The lowest BCUT2D eigenvalue weighted by Gasteiger charge is -2.16. The van der Waals surface area contributed by atoms with Crippen LogP contribution in [-0.4, -0.2) is 52.1 Å². The Labute approximate surface area is 203 Å². The highest BCUT2D eigenvalue weighted by Crippen LogP contribution is 2.37. The molecule has 2 heterocycles. The summed E-state index contributed by atoms with van der Waals surface area (Å²) < 4.78 is 11.3. The molecule has 3 rings (SSSR count). The van der Waals surface area contributed by atoms with Gasteiger partial charge in [0, 0.05) is 23.0 Å². The predicted molar refractivity (Wildman–Crippen MR) is 131 cm³/mol. The van der Waals surface area contributed by atoms with Crippen LogP contribution in [0.1, 0.15) is 41.5 Å². The number of nitrogens with one attached hydrogen (secondary N) is 1. The van der Waals surface area contributed by atoms with Gasteiger partial charge in [-0.1, -0.05) is 19.0 Å². The molecule has 1 unspecified atom stereocenters. The summed E-state index contributed by atoms with van der Waals surface area (Å²) in [6.45, 7) is 9.40. The standard InChI is InChI=1S/C24H32N4O5S/c1-12(2)20(25)22-15(5)8-18(34-22)24-27-23(28-33-24)16-6-13(3)21(14(4)7-16)32-11-17(30)9-26-19(31)10-29/h6-8,12,17,20,29-30H,9-11,25H2,1-5H3,(H,26,31)/t17-,20?/m1/s1. The van der Waals surface area contributed by atoms with Gasteiger partial charge in [-0.25, -0.2) is 0 Å². The lowest BCUT2D eigenvalue weighted by molar-refractivity contribution is -0.124. The van der Waals surface area contributed by atoms with Gasteiger partial charge in [0.1, 0.15) is 25.1 Å². The summed E-state index contributed by atoms with van der Waals surface area (Å²) >= 11 is 1.58. The van der Waals surface area contributed by atoms with Crippen molar-refractivity contribution in [2.45, 2.75) is 46.8 Å². The number of thiophene rings is 1. The minimum absolute atomic E-state index is 0.00231. The number of amides is 1. The van der Waals surface area contributed by atoms with Crippen molar-refractivity contribution in [1.29, 1.82) is 0 Å². The molecule has 0 bridgehead atoms. The second-order valence-electron chi connectivity index (χ2n) is 8.72. The molecule has 184 valence electrons. The van der Waals surface area contributed by atoms with Gasteiger partial charge >= 0.3 is 0 Å². The van der Waals surface area contributed by atoms with Crippen LogP contribution < -0.4 is 15.8 Å². The Morgan fingerprint density at radius 1 is 1.21 bits per heavy atom. The van der Waals surface area contributed by atoms with E-state index in [1.807, 2.05) is 39.0 Å². The number of aliphatic hydroxyl groups excluding tert-OH is 2. The molecule has 10 heteroatoms. The maximum absolute atomic E-state index is 11.1. The highest BCUT2D eigenvalue weighted by atomic mass is 32.1. The van der Waals surface area contributed by atoms with E-state index in [9.17, 15) is 9.90 Å². The number of rotatable bonds is 10. The summed E-state index contributed by atoms with van der Waals surface area (Å²) in [5, 5.41) is 25.3. The summed E-state index contributed by atoms with van der Waals surface area (Å²) in [5.74, 6) is 1.35. The summed E-state index contributed by atoms with van der Waals surface area (Å²) in [6, 6.07) is 5.79. The van der Waals surface area contributed by atoms with E-state index in [0.717, 1.165) is 32.0 Å². The molecule has 0 aliphatic carbocycles. The minimum atomic E-state index is -0.906. The maximum atomic E-state index is 11.1. The molecule has 0 radical (unpaired) electrons. The van der Waals surface area contributed by atoms with Gasteiger partial charge in [0.2, 0.25) is 11.7 Å². The number of benzene rings is 1. The van der Waals surface area contributed by atoms with Gasteiger partial charge in [-0.15, -0.1) is 11.3 Å². The number of aliphatic hydroxyl groups is 2. The van der Waals surface area contributed by atoms with Crippen molar-refractivity contribution < 1.29 is 24.3 Å². The van der Waals surface area contributed by atoms with E-state index >= 15 is 0 Å². The van der Waals surface area contributed by atoms with E-state index in [2.05, 4.69) is 29.3 Å². The quantitative estimate of drug-likeness (QED) is 0.341. The molecule has 0 saturated carbocycles. The van der Waals surface area contributed by atoms with Crippen LogP contribution in [0.2, 0.25) is 0 Å². The van der Waals surface area contributed by atoms with Crippen LogP contribution in [0.4, 0.5) is 0 Å². The van der Waals surface area contributed by atoms with Crippen LogP contribution in [0, 0.1) is 26.7 Å². The van der Waals surface area contributed by atoms with Crippen LogP contribution >= 0.6 is 11.3 Å². The molecular formula is C24H32N4O5S. The first-order valence-electron chi connectivity index (χ1n) is 11.1. The molecule has 0 aliphatic rings. The van der Waals surface area contributed by atoms with Crippen LogP contribution in [0.15, 0.2) is 22.7 Å². The number of aromatic nitrogens is 2. The second kappa shape index (κ2) is 11.1. The van der Waals surface area contributed by atoms with Crippen molar-refractivity contribution in [2.75, 3.05) is 19.8 Å². The molecule has 0 fully saturated rings. The van der Waals surface area contributed by atoms with E-state index in [4.69, 9.17) is 20.1 Å². The van der Waals surface area contributed by atoms with Crippen molar-refractivity contribution in [3.63, 3.8) is 0 Å². The van der Waals surface area contributed by atoms with Crippen molar-refractivity contribution in [3.8, 4) is 27.9 Å². The van der Waals surface area contributed by atoms with E-state index in [1.165, 1.54) is 0 Å². The number of nitrogens with two attached hydrogens (primary N) is 1. The monoisotopic (exact) mass is 488 g/mol. The van der Waals surface area contributed by atoms with Crippen LogP contribution in [-0.2, 0) is 4.79 Å². The summed E-state index contributed by atoms with van der Waals surface area (Å²) in [5.41, 5.74) is 9.96. The molecule has 5 N–H and O–H groups in total. The van der Waals surface area contributed by atoms with Gasteiger partial charge in [-0.2, -0.15) is 4.98 Å². The van der Waals surface area contributed by atoms with Gasteiger partial charge in [0.25, 0.3) is 5.89 Å². The third-order valence-electron chi connectivity index (χ3n) is 5.43. The number of hydrogen-bond donors (Lipinski definition) is 4. The number of carbonyl (C=O) groups excluding carboxylic acids is 1. The highest BCUT2D eigenvalue weighted by molar-refractivity contribution is 7.15. The van der Waals surface area contributed by atoms with E-state index < -0.39 is 18.6 Å². The first-order chi connectivity index (χ1) is 16.1. The van der Waals surface area contributed by atoms with Crippen molar-refractivity contribution in [1.82, 2.24) is 15.5 Å². The molecule has 9 nitrogen and oxygen atoms in total. The fourth-order valence-corrected chi connectivity index (χ4v) is 4.78. The Morgan fingerprint density at radius 3 is 2.50 bits per heavy atom. The van der Waals surface area contributed by atoms with Crippen LogP contribution in [0.5, 0.6) is 5.75 Å². The fraction of sp³-hybridized carbons (Fsp3) is 0.458. The molecule has 3 aromatic rings. The first kappa shape index (κ1) is 25.8. The Bertz CT molecular complexity index is 1120. The van der Waals surface area contributed by atoms with Crippen LogP contribution in [0.25, 0.3) is 22.2 Å². The largest absolute Gasteiger partial charge is 0.490 e. The number of ether oxygens (including phenoxy) is 1. The second-order valence-corrected chi connectivity index (χ2v) is 9.80. The zero-order valence-electron chi connectivity index (χ0n) is 20.1. The lowest BCUT2D eigenvalue weighted by Crippen LogP contribution is -2.36. The number of nitrogens with zero attached hydrogens (tertiary/aromatic N) is 2. The molecule has 0 aliphatic heterocycles. The molecule has 34 heavy (non-hydrogen) atoms. The fourth-order valence-electron chi connectivity index (χ4n) is 3.51. The SMILES string of the molecule is Cc1cc(-c2nc(-c3cc(C)c(OC[C@H](O)CNC(=O)CO)c(C)c3)no2)sc1C(N)C(C)C. The molecule has 0 saturated heterocycles. The summed E-state index contributed by atoms with van der Waals surface area (Å²) in [6.07, 6.45) is -0.906. The zero-order chi connectivity index (χ0) is 25.0. The first-order valence-corrected chi connectivity index (χ1v) is 11.9. The molecular weight excluding hydrogens is 456 g/mol. The van der Waals surface area contributed by atoms with Gasteiger partial charge < -0.3 is 30.5 Å². The Balaban J connectivity index is 1.73. The molecule has 2 aromatic heterocycles. The maximum Gasteiger partial charge on any atom is 0.268 e. The zero-order valence-corrected chi connectivity index (χ0v) is 20.9. The van der Waals surface area contributed by atoms with Crippen LogP contribution in [0.3, 0.4) is 0 Å². The number of hydrogen-bond acceptors (Lipinski definition) is 9. The van der Waals surface area contributed by atoms with E-state index in [1.54, 1.807) is 11.3 Å². The Morgan fingerprint density at radius 2 is 1.88 bits per heavy atom. The molecule has 1 amide bonds. The highest BCUT2D eigenvalue weighted by Gasteiger charge is 2.20. The average molecular weight is 489 g/mol. The Hall–Kier alpha value is -2.79. The smallest absolute Gasteiger partial charge is 0.268 e. The van der Waals surface area contributed by atoms with E-state index in [-0.39, 0.29) is 19.2 Å². The molecule has 1 aromatic carbocycles. The van der Waals surface area contributed by atoms with E-state index in [0.29, 0.717) is 23.4 Å². The summed E-state index contributed by atoms with van der Waals surface area (Å²) in [7, 11) is 0. The average Bonchev–Trinajstić information content (AvgIpc) is 3.43. The molecule has 2 atom stereocenters. The summed E-state index contributed by atoms with van der Waals surface area (Å²) in [4.78, 5) is 17.7. The Kier molecular flexibility index (Phi) is 8.42. The lowest BCUT2D eigenvalue weighted by atomic mass is 10.0. The van der Waals surface area contributed by atoms with Gasteiger partial charge in [0.15, 0.2) is 0 Å². The van der Waals surface area contributed by atoms with Gasteiger partial charge in [0.05, 0.1) is 4.88 Å². The number of carbonyl (C=O) groups is 1. The number of aryl methyl sites for hydroxylation is 3. The van der Waals surface area contributed by atoms with Crippen molar-refractivity contribution in [2.24, 2.45) is 11.7 Å². The third kappa shape index (κ3) is 6.01. The topological polar surface area (TPSA) is 144 Å². The molecule has 0 spiro atoms. The normalized spacial score (nSPS) is 13.2. The van der Waals surface area contributed by atoms with Gasteiger partial charge in [-0.05, 0) is 61.6 Å². The minimum Gasteiger partial charge on any atom is -0.490 e. The third-order valence-corrected chi connectivity index (χ3v) is 6.76. The van der Waals surface area contributed by atoms with Gasteiger partial charge in [-0.3, -0.25) is 4.79 Å². The van der Waals surface area contributed by atoms with Crippen molar-refractivity contribution in [3.05, 3.63) is 39.8 Å². The van der Waals surface area contributed by atoms with Crippen molar-refractivity contribution >= 4 is 17.2 Å².